The minimum absolute atomic E-state index is 0.0559. The Morgan fingerprint density at radius 3 is 2.35 bits per heavy atom. The number of fused-ring (bicyclic) bond motifs is 1. The third-order valence-corrected chi connectivity index (χ3v) is 7.36. The van der Waals surface area contributed by atoms with Crippen LogP contribution in [-0.4, -0.2) is 63.2 Å². The Morgan fingerprint density at radius 2 is 1.70 bits per heavy atom. The zero-order valence-electron chi connectivity index (χ0n) is 22.2. The third-order valence-electron chi connectivity index (χ3n) is 6.17. The number of carbonyl (C=O) groups excluding carboxylic acids is 2. The molecule has 3 rings (SSSR count). The molecule has 202 valence electrons. The number of hydrogen-bond acceptors (Lipinski definition) is 6. The minimum Gasteiger partial charge on any atom is -0.486 e. The monoisotopic (exact) mass is 531 g/mol. The molecule has 1 aliphatic heterocycles. The van der Waals surface area contributed by atoms with Gasteiger partial charge >= 0.3 is 0 Å². The summed E-state index contributed by atoms with van der Waals surface area (Å²) >= 11 is 0. The average molecular weight is 532 g/mol. The van der Waals surface area contributed by atoms with Crippen LogP contribution in [0.5, 0.6) is 11.5 Å². The third kappa shape index (κ3) is 7.61. The quantitative estimate of drug-likeness (QED) is 0.477. The molecule has 0 saturated heterocycles. The Hall–Kier alpha value is -3.27. The lowest BCUT2D eigenvalue weighted by Crippen LogP contribution is -2.49. The van der Waals surface area contributed by atoms with Gasteiger partial charge in [0.15, 0.2) is 11.5 Å². The SMILES string of the molecule is Cc1ccccc1CN(C(=O)CCCN(c1ccc2c(c1)OCCO2)S(C)(=O)=O)[C@H](C)C(=O)NC(C)C. The molecule has 0 saturated carbocycles. The summed E-state index contributed by atoms with van der Waals surface area (Å²) in [5, 5.41) is 2.88. The van der Waals surface area contributed by atoms with Crippen LogP contribution in [0.4, 0.5) is 5.69 Å². The first-order valence-electron chi connectivity index (χ1n) is 12.5. The van der Waals surface area contributed by atoms with E-state index in [9.17, 15) is 18.0 Å². The van der Waals surface area contributed by atoms with Crippen LogP contribution < -0.4 is 19.1 Å². The molecule has 2 aromatic rings. The van der Waals surface area contributed by atoms with Gasteiger partial charge in [-0.15, -0.1) is 0 Å². The fourth-order valence-electron chi connectivity index (χ4n) is 4.15. The van der Waals surface area contributed by atoms with Crippen molar-refractivity contribution in [3.63, 3.8) is 0 Å². The Bertz CT molecular complexity index is 1210. The van der Waals surface area contributed by atoms with E-state index in [1.165, 1.54) is 4.31 Å². The summed E-state index contributed by atoms with van der Waals surface area (Å²) in [5.74, 6) is 0.610. The van der Waals surface area contributed by atoms with Gasteiger partial charge in [-0.05, 0) is 57.4 Å². The van der Waals surface area contributed by atoms with Crippen LogP contribution in [0.3, 0.4) is 0 Å². The topological polar surface area (TPSA) is 105 Å². The molecule has 1 atom stereocenters. The summed E-state index contributed by atoms with van der Waals surface area (Å²) in [6.45, 7) is 8.65. The van der Waals surface area contributed by atoms with Crippen LogP contribution in [0.15, 0.2) is 42.5 Å². The van der Waals surface area contributed by atoms with E-state index >= 15 is 0 Å². The van der Waals surface area contributed by atoms with Crippen LogP contribution in [-0.2, 0) is 26.2 Å². The molecule has 0 unspecified atom stereocenters. The van der Waals surface area contributed by atoms with E-state index in [1.54, 1.807) is 30.0 Å². The van der Waals surface area contributed by atoms with Crippen molar-refractivity contribution in [3.05, 3.63) is 53.6 Å². The smallest absolute Gasteiger partial charge is 0.242 e. The van der Waals surface area contributed by atoms with Crippen molar-refractivity contribution in [1.29, 1.82) is 0 Å². The summed E-state index contributed by atoms with van der Waals surface area (Å²) < 4.78 is 37.6. The number of nitrogens with one attached hydrogen (secondary N) is 1. The van der Waals surface area contributed by atoms with Crippen LogP contribution in [0.25, 0.3) is 0 Å². The number of ether oxygens (including phenoxy) is 2. The number of aryl methyl sites for hydroxylation is 1. The van der Waals surface area contributed by atoms with Crippen molar-refractivity contribution in [2.45, 2.75) is 59.2 Å². The van der Waals surface area contributed by atoms with Gasteiger partial charge in [0.05, 0.1) is 11.9 Å². The Balaban J connectivity index is 1.74. The maximum atomic E-state index is 13.4. The van der Waals surface area contributed by atoms with Gasteiger partial charge in [0.1, 0.15) is 19.3 Å². The molecule has 0 fully saturated rings. The minimum atomic E-state index is -3.61. The van der Waals surface area contributed by atoms with E-state index in [0.29, 0.717) is 30.4 Å². The van der Waals surface area contributed by atoms with Gasteiger partial charge in [0.2, 0.25) is 21.8 Å². The first kappa shape index (κ1) is 28.3. The fourth-order valence-corrected chi connectivity index (χ4v) is 5.11. The van der Waals surface area contributed by atoms with E-state index in [-0.39, 0.29) is 43.8 Å². The molecule has 9 nitrogen and oxygen atoms in total. The number of rotatable bonds is 11. The number of hydrogen-bond donors (Lipinski definition) is 1. The van der Waals surface area contributed by atoms with E-state index in [1.807, 2.05) is 45.0 Å². The lowest BCUT2D eigenvalue weighted by Gasteiger charge is -2.30. The van der Waals surface area contributed by atoms with Gasteiger partial charge in [-0.25, -0.2) is 8.42 Å². The number of anilines is 1. The van der Waals surface area contributed by atoms with E-state index < -0.39 is 16.1 Å². The summed E-state index contributed by atoms with van der Waals surface area (Å²) in [4.78, 5) is 27.7. The number of nitrogens with zero attached hydrogens (tertiary/aromatic N) is 2. The van der Waals surface area contributed by atoms with Gasteiger partial charge in [0.25, 0.3) is 0 Å². The van der Waals surface area contributed by atoms with E-state index in [0.717, 1.165) is 17.4 Å². The highest BCUT2D eigenvalue weighted by atomic mass is 32.2. The van der Waals surface area contributed by atoms with Crippen molar-refractivity contribution in [2.24, 2.45) is 0 Å². The van der Waals surface area contributed by atoms with Gasteiger partial charge in [-0.3, -0.25) is 13.9 Å². The molecule has 0 aromatic heterocycles. The highest BCUT2D eigenvalue weighted by Crippen LogP contribution is 2.34. The van der Waals surface area contributed by atoms with Crippen LogP contribution in [0.2, 0.25) is 0 Å². The lowest BCUT2D eigenvalue weighted by molar-refractivity contribution is -0.140. The lowest BCUT2D eigenvalue weighted by atomic mass is 10.1. The molecule has 1 aliphatic rings. The second kappa shape index (κ2) is 12.3. The largest absolute Gasteiger partial charge is 0.486 e. The number of amides is 2. The van der Waals surface area contributed by atoms with Gasteiger partial charge in [-0.2, -0.15) is 0 Å². The van der Waals surface area contributed by atoms with Gasteiger partial charge in [0, 0.05) is 31.6 Å². The Morgan fingerprint density at radius 1 is 1.03 bits per heavy atom. The summed E-state index contributed by atoms with van der Waals surface area (Å²) in [6.07, 6.45) is 1.50. The summed E-state index contributed by atoms with van der Waals surface area (Å²) in [6, 6.07) is 12.0. The van der Waals surface area contributed by atoms with Crippen LogP contribution in [0, 0.1) is 6.92 Å². The molecule has 2 amide bonds. The zero-order chi connectivity index (χ0) is 27.2. The molecule has 10 heteroatoms. The molecule has 0 aliphatic carbocycles. The average Bonchev–Trinajstić information content (AvgIpc) is 2.84. The van der Waals surface area contributed by atoms with Gasteiger partial charge in [-0.1, -0.05) is 24.3 Å². The number of benzene rings is 2. The zero-order valence-corrected chi connectivity index (χ0v) is 23.0. The maximum absolute atomic E-state index is 13.4. The van der Waals surface area contributed by atoms with Crippen LogP contribution >= 0.6 is 0 Å². The molecule has 0 spiro atoms. The van der Waals surface area contributed by atoms with Gasteiger partial charge < -0.3 is 19.7 Å². The van der Waals surface area contributed by atoms with Crippen molar-refractivity contribution in [3.8, 4) is 11.5 Å². The molecule has 0 bridgehead atoms. The number of carbonyl (C=O) groups is 2. The van der Waals surface area contributed by atoms with E-state index in [2.05, 4.69) is 5.32 Å². The second-order valence-corrected chi connectivity index (χ2v) is 11.5. The predicted molar refractivity (Wildman–Crippen MR) is 143 cm³/mol. The summed E-state index contributed by atoms with van der Waals surface area (Å²) in [5.41, 5.74) is 2.42. The Kier molecular flexibility index (Phi) is 9.42. The standard InChI is InChI=1S/C27H37N3O6S/c1-19(2)28-27(32)21(4)29(18-22-10-7-6-9-20(22)3)26(31)11-8-14-30(37(5,33)34)23-12-13-24-25(17-23)36-16-15-35-24/h6-7,9-10,12-13,17,19,21H,8,11,14-16,18H2,1-5H3,(H,28,32)/t21-/m1/s1. The fraction of sp³-hybridized carbons (Fsp3) is 0.481. The molecular weight excluding hydrogens is 494 g/mol. The first-order chi connectivity index (χ1) is 17.5. The molecule has 2 aromatic carbocycles. The highest BCUT2D eigenvalue weighted by Gasteiger charge is 2.27. The maximum Gasteiger partial charge on any atom is 0.242 e. The molecule has 0 radical (unpaired) electrons. The molecule has 37 heavy (non-hydrogen) atoms. The predicted octanol–water partition coefficient (Wildman–Crippen LogP) is 3.25. The number of sulfonamides is 1. The van der Waals surface area contributed by atoms with E-state index in [4.69, 9.17) is 9.47 Å². The normalized spacial score (nSPS) is 13.7. The van der Waals surface area contributed by atoms with Crippen LogP contribution in [0.1, 0.15) is 44.7 Å². The first-order valence-corrected chi connectivity index (χ1v) is 14.3. The van der Waals surface area contributed by atoms with Crippen molar-refractivity contribution < 1.29 is 27.5 Å². The van der Waals surface area contributed by atoms with Crippen molar-refractivity contribution in [1.82, 2.24) is 10.2 Å². The summed E-state index contributed by atoms with van der Waals surface area (Å²) in [7, 11) is -3.61. The second-order valence-electron chi connectivity index (χ2n) is 9.55. The molecule has 1 heterocycles. The molecule has 1 N–H and O–H groups in total. The highest BCUT2D eigenvalue weighted by molar-refractivity contribution is 7.92. The van der Waals surface area contributed by atoms with Crippen molar-refractivity contribution in [2.75, 3.05) is 30.3 Å². The Labute approximate surface area is 219 Å². The molecular formula is C27H37N3O6S. The van der Waals surface area contributed by atoms with Crippen molar-refractivity contribution >= 4 is 27.5 Å².